The van der Waals surface area contributed by atoms with Crippen molar-refractivity contribution in [2.45, 2.75) is 11.3 Å². The van der Waals surface area contributed by atoms with Gasteiger partial charge in [-0.05, 0) is 78.4 Å². The molecule has 4 aromatic carbocycles. The summed E-state index contributed by atoms with van der Waals surface area (Å²) in [5.41, 5.74) is 4.83. The van der Waals surface area contributed by atoms with Crippen LogP contribution in [0.15, 0.2) is 112 Å². The first-order valence-electron chi connectivity index (χ1n) is 21.8. The second kappa shape index (κ2) is 24.2. The molecule has 0 spiro atoms. The maximum Gasteiger partial charge on any atom is 0.336 e. The van der Waals surface area contributed by atoms with Crippen LogP contribution in [0.5, 0.6) is 0 Å². The summed E-state index contributed by atoms with van der Waals surface area (Å²) in [5.74, 6) is -1.29. The molecule has 19 nitrogen and oxygen atoms in total. The van der Waals surface area contributed by atoms with Crippen molar-refractivity contribution in [1.29, 1.82) is 0 Å². The minimum Gasteiger partial charge on any atom is -0.478 e. The fraction of sp³-hybridized carbons (Fsp3) is 0.286. The molecule has 0 saturated heterocycles. The predicted octanol–water partition coefficient (Wildman–Crippen LogP) is 5.12. The van der Waals surface area contributed by atoms with Crippen molar-refractivity contribution >= 4 is 67.6 Å². The molecule has 0 radical (unpaired) electrons. The minimum absolute atomic E-state index is 0.0189. The van der Waals surface area contributed by atoms with Crippen LogP contribution in [0, 0.1) is 0 Å². The number of primary sulfonamides is 1. The number of nitrogens with zero attached hydrogens (tertiary/aromatic N) is 2. The Morgan fingerprint density at radius 2 is 1.32 bits per heavy atom. The molecule has 1 aliphatic carbocycles. The van der Waals surface area contributed by atoms with Crippen LogP contribution in [0.25, 0.3) is 33.4 Å². The van der Waals surface area contributed by atoms with Crippen LogP contribution < -0.4 is 41.2 Å². The Labute approximate surface area is 399 Å². The summed E-state index contributed by atoms with van der Waals surface area (Å²) in [5, 5.41) is 27.9. The summed E-state index contributed by atoms with van der Waals surface area (Å²) >= 11 is 0. The van der Waals surface area contributed by atoms with Crippen LogP contribution in [-0.4, -0.2) is 125 Å². The lowest BCUT2D eigenvalue weighted by Gasteiger charge is -2.19. The highest BCUT2D eigenvalue weighted by Crippen LogP contribution is 2.42. The van der Waals surface area contributed by atoms with Gasteiger partial charge < -0.3 is 54.6 Å². The molecule has 0 saturated carbocycles. The standard InChI is InChI=1S/C49H55N7O12S/c1-55(2)36-11-16-40-43(30-36)68-44-31-37(56(3)4)12-17-41(44)46(40)39-15-8-32(28-42(39)48(59)60)47(58)51-19-21-65-23-25-67-27-26-66-24-22-64-20-18-45(57)52-34-6-5-7-35(29-34)54-49(61)53-33-9-13-38(14-10-33)69(50,62)63/h5-17,28-31H,18-27H2,1-4H3,(H6-,50,51,52,53,54,57,58,59,60,61,62,63)/p+1. The van der Waals surface area contributed by atoms with E-state index in [2.05, 4.69) is 21.3 Å². The van der Waals surface area contributed by atoms with E-state index in [1.54, 1.807) is 36.4 Å². The van der Waals surface area contributed by atoms with E-state index in [0.29, 0.717) is 66.0 Å². The Hall–Kier alpha value is -7.20. The number of carboxylic acids is 1. The number of nitrogens with one attached hydrogen (secondary N) is 4. The Bertz CT molecular complexity index is 2940. The highest BCUT2D eigenvalue weighted by molar-refractivity contribution is 7.89. The third-order valence-corrected chi connectivity index (χ3v) is 11.4. The average Bonchev–Trinajstić information content (AvgIpc) is 3.31. The van der Waals surface area contributed by atoms with Gasteiger partial charge in [-0.3, -0.25) is 9.59 Å². The second-order valence-corrected chi connectivity index (χ2v) is 17.5. The molecular weight excluding hydrogens is 911 g/mol. The van der Waals surface area contributed by atoms with Crippen molar-refractivity contribution in [3.63, 3.8) is 0 Å². The summed E-state index contributed by atoms with van der Waals surface area (Å²) in [7, 11) is 3.88. The minimum atomic E-state index is -3.85. The molecular formula is C49H56N7O12S+. The maximum absolute atomic E-state index is 13.1. The predicted molar refractivity (Wildman–Crippen MR) is 262 cm³/mol. The van der Waals surface area contributed by atoms with Crippen LogP contribution in [0.3, 0.4) is 0 Å². The third-order valence-electron chi connectivity index (χ3n) is 10.5. The number of rotatable bonds is 23. The summed E-state index contributed by atoms with van der Waals surface area (Å²) in [4.78, 5) is 52.6. The van der Waals surface area contributed by atoms with E-state index in [-0.39, 0.29) is 61.3 Å². The van der Waals surface area contributed by atoms with Crippen molar-refractivity contribution in [2.75, 3.05) is 108 Å². The number of amides is 4. The smallest absolute Gasteiger partial charge is 0.336 e. The van der Waals surface area contributed by atoms with E-state index in [1.807, 2.05) is 74.1 Å². The molecule has 0 aromatic heterocycles. The largest absolute Gasteiger partial charge is 0.478 e. The lowest BCUT2D eigenvalue weighted by molar-refractivity contribution is -0.117. The highest BCUT2D eigenvalue weighted by atomic mass is 32.2. The number of fused-ring (bicyclic) bond motifs is 2. The number of carbonyl (C=O) groups excluding carboxylic acids is 3. The number of aromatic carboxylic acids is 1. The summed E-state index contributed by atoms with van der Waals surface area (Å²) in [6.45, 7) is 2.40. The second-order valence-electron chi connectivity index (χ2n) is 15.9. The van der Waals surface area contributed by atoms with Gasteiger partial charge in [-0.1, -0.05) is 12.1 Å². The number of benzene rings is 5. The molecule has 0 unspecified atom stereocenters. The Morgan fingerprint density at radius 3 is 1.96 bits per heavy atom. The van der Waals surface area contributed by atoms with Crippen molar-refractivity contribution in [1.82, 2.24) is 9.89 Å². The first-order valence-corrected chi connectivity index (χ1v) is 23.4. The maximum atomic E-state index is 13.1. The Balaban J connectivity index is 0.839. The summed E-state index contributed by atoms with van der Waals surface area (Å²) in [6.07, 6.45) is 0.0940. The van der Waals surface area contributed by atoms with Gasteiger partial charge in [0, 0.05) is 77.6 Å². The van der Waals surface area contributed by atoms with E-state index in [9.17, 15) is 32.7 Å². The van der Waals surface area contributed by atoms with Gasteiger partial charge in [0.25, 0.3) is 5.91 Å². The molecule has 1 aliphatic heterocycles. The average molecular weight is 967 g/mol. The third kappa shape index (κ3) is 14.6. The Kier molecular flexibility index (Phi) is 18.0. The quantitative estimate of drug-likeness (QED) is 0.0278. The monoisotopic (exact) mass is 966 g/mol. The van der Waals surface area contributed by atoms with Crippen molar-refractivity contribution in [3.8, 4) is 22.5 Å². The van der Waals surface area contributed by atoms with E-state index >= 15 is 0 Å². The van der Waals surface area contributed by atoms with Gasteiger partial charge in [-0.25, -0.2) is 27.7 Å². The van der Waals surface area contributed by atoms with Gasteiger partial charge in [-0.2, -0.15) is 0 Å². The molecule has 69 heavy (non-hydrogen) atoms. The zero-order chi connectivity index (χ0) is 49.5. The first kappa shape index (κ1) is 51.2. The molecule has 364 valence electrons. The number of anilines is 4. The number of carbonyl (C=O) groups is 4. The zero-order valence-corrected chi connectivity index (χ0v) is 39.5. The van der Waals surface area contributed by atoms with E-state index in [0.717, 1.165) is 22.0 Å². The van der Waals surface area contributed by atoms with Gasteiger partial charge in [0.1, 0.15) is 25.4 Å². The topological polar surface area (TPSA) is 253 Å². The molecule has 20 heteroatoms. The molecule has 0 fully saturated rings. The fourth-order valence-electron chi connectivity index (χ4n) is 6.98. The van der Waals surface area contributed by atoms with Crippen LogP contribution in [-0.2, 0) is 33.8 Å². The highest BCUT2D eigenvalue weighted by Gasteiger charge is 2.24. The Morgan fingerprint density at radius 1 is 0.696 bits per heavy atom. The number of hydrogen-bond donors (Lipinski definition) is 6. The number of urea groups is 1. The molecule has 4 amide bonds. The van der Waals surface area contributed by atoms with Gasteiger partial charge in [0.15, 0.2) is 0 Å². The van der Waals surface area contributed by atoms with Crippen LogP contribution in [0.2, 0.25) is 0 Å². The van der Waals surface area contributed by atoms with Crippen LogP contribution in [0.4, 0.5) is 27.5 Å². The normalized spacial score (nSPS) is 11.3. The van der Waals surface area contributed by atoms with Crippen molar-refractivity contribution in [2.24, 2.45) is 5.14 Å². The molecule has 6 rings (SSSR count). The number of sulfonamides is 1. The zero-order valence-electron chi connectivity index (χ0n) is 38.7. The van der Waals surface area contributed by atoms with Crippen molar-refractivity contribution in [3.05, 3.63) is 120 Å². The SMILES string of the molecule is CN(C)c1ccc2c(-c3ccc(C(=O)NCCOCCOCCOCCOCCC(=O)Nc4cccc(NC(=O)Nc5ccc(S(N)(=O)=O)cc5)c4)cc3C(=O)O)c3ccc(=[N+](C)C)cc-3oc2c1. The van der Waals surface area contributed by atoms with E-state index in [4.69, 9.17) is 28.5 Å². The van der Waals surface area contributed by atoms with Gasteiger partial charge in [0.2, 0.25) is 21.3 Å². The molecule has 4 aromatic rings. The first-order chi connectivity index (χ1) is 33.1. The molecule has 0 atom stereocenters. The molecule has 7 N–H and O–H groups in total. The molecule has 1 heterocycles. The van der Waals surface area contributed by atoms with Gasteiger partial charge in [0.05, 0.1) is 75.8 Å². The van der Waals surface area contributed by atoms with E-state index in [1.165, 1.54) is 30.3 Å². The lowest BCUT2D eigenvalue weighted by atomic mass is 9.89. The number of nitrogens with two attached hydrogens (primary N) is 1. The van der Waals surface area contributed by atoms with Crippen LogP contribution in [0.1, 0.15) is 27.1 Å². The van der Waals surface area contributed by atoms with Crippen molar-refractivity contribution < 1.29 is 56.1 Å². The van der Waals surface area contributed by atoms with Gasteiger partial charge in [-0.15, -0.1) is 0 Å². The molecule has 2 aliphatic rings. The number of ether oxygens (including phenoxy) is 4. The molecule has 0 bridgehead atoms. The summed E-state index contributed by atoms with van der Waals surface area (Å²) in [6, 6.07) is 27.6. The van der Waals surface area contributed by atoms with E-state index < -0.39 is 27.9 Å². The van der Waals surface area contributed by atoms with Gasteiger partial charge >= 0.3 is 12.0 Å². The summed E-state index contributed by atoms with van der Waals surface area (Å²) < 4.78 is 53.3. The number of carboxylic acid groups (broad SMARTS) is 1. The lowest BCUT2D eigenvalue weighted by Crippen LogP contribution is -2.28. The fourth-order valence-corrected chi connectivity index (χ4v) is 7.49. The van der Waals surface area contributed by atoms with Crippen LogP contribution >= 0.6 is 0 Å². The number of hydrogen-bond acceptors (Lipinski definition) is 12.